The predicted molar refractivity (Wildman–Crippen MR) is 47.6 cm³/mol. The van der Waals surface area contributed by atoms with Crippen LogP contribution < -0.4 is 4.74 Å². The number of halogens is 6. The third-order valence-corrected chi connectivity index (χ3v) is 2.03. The van der Waals surface area contributed by atoms with Gasteiger partial charge in [-0.3, -0.25) is 0 Å². The first-order chi connectivity index (χ1) is 7.35. The van der Waals surface area contributed by atoms with Gasteiger partial charge in [-0.05, 0) is 11.6 Å². The number of benzene rings is 1. The minimum Gasteiger partial charge on any atom is -0.405 e. The summed E-state index contributed by atoms with van der Waals surface area (Å²) in [6.45, 7) is 0. The van der Waals surface area contributed by atoms with Crippen LogP contribution in [0.2, 0.25) is 0 Å². The number of ether oxygens (including phenoxy) is 1. The number of alkyl halides is 6. The summed E-state index contributed by atoms with van der Waals surface area (Å²) >= 11 is 5.35. The van der Waals surface area contributed by atoms with Gasteiger partial charge in [0.15, 0.2) is 0 Å². The Morgan fingerprint density at radius 3 is 2.31 bits per heavy atom. The van der Waals surface area contributed by atoms with Crippen LogP contribution in [0.4, 0.5) is 22.0 Å². The van der Waals surface area contributed by atoms with E-state index in [1.54, 1.807) is 0 Å². The Hall–Kier alpha value is -1.04. The van der Waals surface area contributed by atoms with Crippen LogP contribution in [-0.2, 0) is 5.88 Å². The van der Waals surface area contributed by atoms with Crippen LogP contribution in [0.1, 0.15) is 17.6 Å². The van der Waals surface area contributed by atoms with Gasteiger partial charge in [-0.2, -0.15) is 0 Å². The van der Waals surface area contributed by atoms with Gasteiger partial charge in [-0.15, -0.1) is 24.8 Å². The van der Waals surface area contributed by atoms with Crippen molar-refractivity contribution in [3.63, 3.8) is 0 Å². The smallest absolute Gasteiger partial charge is 0.405 e. The van der Waals surface area contributed by atoms with Gasteiger partial charge in [-0.25, -0.2) is 8.78 Å². The molecule has 16 heavy (non-hydrogen) atoms. The van der Waals surface area contributed by atoms with Crippen LogP contribution in [0.5, 0.6) is 5.75 Å². The molecule has 1 aromatic carbocycles. The molecule has 0 bridgehead atoms. The lowest BCUT2D eigenvalue weighted by Crippen LogP contribution is -2.18. The lowest BCUT2D eigenvalue weighted by Gasteiger charge is -2.15. The first-order valence-corrected chi connectivity index (χ1v) is 4.60. The molecule has 0 amide bonds. The zero-order valence-corrected chi connectivity index (χ0v) is 8.45. The van der Waals surface area contributed by atoms with Crippen molar-refractivity contribution in [2.45, 2.75) is 18.7 Å². The average Bonchev–Trinajstić information content (AvgIpc) is 2.14. The van der Waals surface area contributed by atoms with Crippen molar-refractivity contribution < 1.29 is 26.7 Å². The lowest BCUT2D eigenvalue weighted by atomic mass is 10.1. The Bertz CT molecular complexity index is 363. The highest BCUT2D eigenvalue weighted by atomic mass is 35.5. The van der Waals surface area contributed by atoms with Crippen LogP contribution in [0, 0.1) is 0 Å². The molecule has 0 atom stereocenters. The molecular formula is C9H6ClF5O. The van der Waals surface area contributed by atoms with Crippen molar-refractivity contribution in [2.75, 3.05) is 0 Å². The van der Waals surface area contributed by atoms with E-state index in [9.17, 15) is 22.0 Å². The van der Waals surface area contributed by atoms with E-state index in [0.29, 0.717) is 0 Å². The van der Waals surface area contributed by atoms with E-state index in [1.165, 1.54) is 12.1 Å². The van der Waals surface area contributed by atoms with Gasteiger partial charge in [0.2, 0.25) is 0 Å². The quantitative estimate of drug-likeness (QED) is 0.583. The average molecular weight is 261 g/mol. The van der Waals surface area contributed by atoms with E-state index in [0.717, 1.165) is 6.07 Å². The largest absolute Gasteiger partial charge is 0.573 e. The molecular weight excluding hydrogens is 255 g/mol. The molecule has 0 saturated heterocycles. The third-order valence-electron chi connectivity index (χ3n) is 1.74. The first-order valence-electron chi connectivity index (χ1n) is 4.07. The topological polar surface area (TPSA) is 9.23 Å². The molecule has 0 unspecified atom stereocenters. The van der Waals surface area contributed by atoms with E-state index in [-0.39, 0.29) is 11.4 Å². The van der Waals surface area contributed by atoms with Gasteiger partial charge in [0.05, 0.1) is 5.56 Å². The highest BCUT2D eigenvalue weighted by molar-refractivity contribution is 6.17. The molecule has 0 aliphatic carbocycles. The van der Waals surface area contributed by atoms with Crippen molar-refractivity contribution in [3.05, 3.63) is 29.3 Å². The second-order valence-electron chi connectivity index (χ2n) is 2.81. The standard InChI is InChI=1S/C9H6ClF5O/c10-4-5-2-1-3-6(7(5)8(11)12)16-9(13,14)15/h1-3,8H,4H2. The van der Waals surface area contributed by atoms with Crippen LogP contribution in [-0.4, -0.2) is 6.36 Å². The van der Waals surface area contributed by atoms with Gasteiger partial charge in [-0.1, -0.05) is 12.1 Å². The molecule has 0 heterocycles. The summed E-state index contributed by atoms with van der Waals surface area (Å²) in [5.74, 6) is -1.23. The molecule has 1 rings (SSSR count). The van der Waals surface area contributed by atoms with Crippen molar-refractivity contribution in [1.82, 2.24) is 0 Å². The van der Waals surface area contributed by atoms with Crippen LogP contribution in [0.25, 0.3) is 0 Å². The zero-order chi connectivity index (χ0) is 12.3. The van der Waals surface area contributed by atoms with Gasteiger partial charge in [0.1, 0.15) is 5.75 Å². The molecule has 7 heteroatoms. The van der Waals surface area contributed by atoms with E-state index in [2.05, 4.69) is 4.74 Å². The molecule has 1 nitrogen and oxygen atoms in total. The highest BCUT2D eigenvalue weighted by Crippen LogP contribution is 2.35. The fourth-order valence-electron chi connectivity index (χ4n) is 1.17. The SMILES string of the molecule is FC(F)c1c(CCl)cccc1OC(F)(F)F. The Morgan fingerprint density at radius 2 is 1.88 bits per heavy atom. The lowest BCUT2D eigenvalue weighted by molar-refractivity contribution is -0.275. The van der Waals surface area contributed by atoms with E-state index in [1.807, 2.05) is 0 Å². The fourth-order valence-corrected chi connectivity index (χ4v) is 1.40. The Kier molecular flexibility index (Phi) is 3.96. The van der Waals surface area contributed by atoms with E-state index in [4.69, 9.17) is 11.6 Å². The molecule has 0 spiro atoms. The van der Waals surface area contributed by atoms with Crippen molar-refractivity contribution in [2.24, 2.45) is 0 Å². The number of hydrogen-bond acceptors (Lipinski definition) is 1. The second kappa shape index (κ2) is 4.86. The minimum absolute atomic E-state index is 0.0848. The molecule has 0 radical (unpaired) electrons. The second-order valence-corrected chi connectivity index (χ2v) is 3.08. The van der Waals surface area contributed by atoms with Gasteiger partial charge >= 0.3 is 6.36 Å². The summed E-state index contributed by atoms with van der Waals surface area (Å²) in [5, 5.41) is 0. The summed E-state index contributed by atoms with van der Waals surface area (Å²) in [4.78, 5) is 0. The molecule has 90 valence electrons. The van der Waals surface area contributed by atoms with Gasteiger partial charge in [0.25, 0.3) is 6.43 Å². The Balaban J connectivity index is 3.17. The van der Waals surface area contributed by atoms with Crippen molar-refractivity contribution >= 4 is 11.6 Å². The highest BCUT2D eigenvalue weighted by Gasteiger charge is 2.33. The Morgan fingerprint density at radius 1 is 1.25 bits per heavy atom. The van der Waals surface area contributed by atoms with Crippen LogP contribution >= 0.6 is 11.6 Å². The molecule has 0 aliphatic heterocycles. The molecule has 0 saturated carbocycles. The maximum absolute atomic E-state index is 12.5. The summed E-state index contributed by atoms with van der Waals surface area (Å²) < 4.78 is 64.3. The molecule has 0 aromatic heterocycles. The monoisotopic (exact) mass is 260 g/mol. The fraction of sp³-hybridized carbons (Fsp3) is 0.333. The number of hydrogen-bond donors (Lipinski definition) is 0. The van der Waals surface area contributed by atoms with Crippen molar-refractivity contribution in [3.8, 4) is 5.75 Å². The minimum atomic E-state index is -5.01. The zero-order valence-electron chi connectivity index (χ0n) is 7.69. The predicted octanol–water partition coefficient (Wildman–Crippen LogP) is 4.26. The van der Waals surface area contributed by atoms with Crippen LogP contribution in [0.3, 0.4) is 0 Å². The van der Waals surface area contributed by atoms with Crippen molar-refractivity contribution in [1.29, 1.82) is 0 Å². The maximum atomic E-state index is 12.5. The normalized spacial score (nSPS) is 11.9. The summed E-state index contributed by atoms with van der Waals surface area (Å²) in [5.41, 5.74) is -0.909. The molecule has 0 aliphatic rings. The third kappa shape index (κ3) is 3.23. The molecule has 0 N–H and O–H groups in total. The van der Waals surface area contributed by atoms with Gasteiger partial charge < -0.3 is 4.74 Å². The molecule has 0 fully saturated rings. The first kappa shape index (κ1) is 13.0. The van der Waals surface area contributed by atoms with Crippen LogP contribution in [0.15, 0.2) is 18.2 Å². The summed E-state index contributed by atoms with van der Waals surface area (Å²) in [6.07, 6.45) is -8.08. The Labute approximate surface area is 92.8 Å². The number of rotatable bonds is 3. The summed E-state index contributed by atoms with van der Waals surface area (Å²) in [7, 11) is 0. The van der Waals surface area contributed by atoms with E-state index >= 15 is 0 Å². The molecule has 1 aromatic rings. The summed E-state index contributed by atoms with van der Waals surface area (Å²) in [6, 6.07) is 3.22. The van der Waals surface area contributed by atoms with E-state index < -0.39 is 24.1 Å². The maximum Gasteiger partial charge on any atom is 0.573 e. The van der Waals surface area contributed by atoms with Gasteiger partial charge in [0, 0.05) is 5.88 Å².